The molecule has 0 aliphatic carbocycles. The van der Waals surface area contributed by atoms with Gasteiger partial charge in [-0.15, -0.1) is 0 Å². The highest BCUT2D eigenvalue weighted by molar-refractivity contribution is 7.19. The molecule has 24 heavy (non-hydrogen) atoms. The van der Waals surface area contributed by atoms with Crippen molar-refractivity contribution >= 4 is 40.3 Å². The van der Waals surface area contributed by atoms with Crippen molar-refractivity contribution in [2.45, 2.75) is 13.3 Å². The lowest BCUT2D eigenvalue weighted by atomic mass is 10.2. The van der Waals surface area contributed by atoms with E-state index >= 15 is 0 Å². The van der Waals surface area contributed by atoms with Gasteiger partial charge in [0.15, 0.2) is 0 Å². The highest BCUT2D eigenvalue weighted by atomic mass is 35.5. The van der Waals surface area contributed by atoms with Gasteiger partial charge in [-0.2, -0.15) is 5.10 Å². The highest BCUT2D eigenvalue weighted by Gasteiger charge is 2.18. The molecule has 0 fully saturated rings. The molecule has 0 radical (unpaired) electrons. The van der Waals surface area contributed by atoms with E-state index in [-0.39, 0.29) is 6.42 Å². The number of rotatable bonds is 5. The second kappa shape index (κ2) is 6.98. The molecule has 7 nitrogen and oxygen atoms in total. The predicted molar refractivity (Wildman–Crippen MR) is 91.3 cm³/mol. The molecule has 3 rings (SSSR count). The maximum Gasteiger partial charge on any atom is 0.318 e. The largest absolute Gasteiger partial charge is 0.411 e. The number of hydrogen-bond acceptors (Lipinski definition) is 7. The van der Waals surface area contributed by atoms with Crippen LogP contribution in [0.1, 0.15) is 11.4 Å². The number of aryl methyl sites for hydroxylation is 1. The van der Waals surface area contributed by atoms with Gasteiger partial charge in [-0.25, -0.2) is 9.50 Å². The Morgan fingerprint density at radius 2 is 2.17 bits per heavy atom. The Morgan fingerprint density at radius 3 is 2.88 bits per heavy atom. The van der Waals surface area contributed by atoms with Gasteiger partial charge in [0.1, 0.15) is 12.1 Å². The van der Waals surface area contributed by atoms with Crippen molar-refractivity contribution in [3.63, 3.8) is 0 Å². The van der Waals surface area contributed by atoms with Gasteiger partial charge in [-0.05, 0) is 19.1 Å². The van der Waals surface area contributed by atoms with Crippen LogP contribution in [-0.2, 0) is 20.8 Å². The van der Waals surface area contributed by atoms with Crippen LogP contribution in [0, 0.1) is 6.92 Å². The molecule has 3 aromatic rings. The summed E-state index contributed by atoms with van der Waals surface area (Å²) in [6.45, 7) is 1.83. The lowest BCUT2D eigenvalue weighted by Crippen LogP contribution is -2.10. The first-order chi connectivity index (χ1) is 11.6. The Labute approximate surface area is 146 Å². The van der Waals surface area contributed by atoms with Crippen molar-refractivity contribution in [1.82, 2.24) is 14.6 Å². The minimum atomic E-state index is -0.471. The summed E-state index contributed by atoms with van der Waals surface area (Å²) in [5.74, 6) is -0.471. The summed E-state index contributed by atoms with van der Waals surface area (Å²) in [7, 11) is 1.36. The van der Waals surface area contributed by atoms with Gasteiger partial charge >= 0.3 is 5.97 Å². The minimum absolute atomic E-state index is 0.0343. The molecule has 0 aliphatic rings. The minimum Gasteiger partial charge on any atom is -0.411 e. The summed E-state index contributed by atoms with van der Waals surface area (Å²) < 4.78 is 6.49. The highest BCUT2D eigenvalue weighted by Crippen LogP contribution is 2.28. The lowest BCUT2D eigenvalue weighted by Gasteiger charge is -1.99. The number of benzene rings is 1. The van der Waals surface area contributed by atoms with E-state index in [1.54, 1.807) is 16.6 Å². The molecule has 0 saturated heterocycles. The number of carbonyl (C=O) groups is 1. The molecule has 1 aromatic carbocycles. The zero-order valence-corrected chi connectivity index (χ0v) is 14.5. The molecular formula is C15H13ClN4O3S. The summed E-state index contributed by atoms with van der Waals surface area (Å²) in [4.78, 5) is 21.4. The third kappa shape index (κ3) is 3.39. The first kappa shape index (κ1) is 16.4. The van der Waals surface area contributed by atoms with Gasteiger partial charge in [0, 0.05) is 10.6 Å². The van der Waals surface area contributed by atoms with Crippen molar-refractivity contribution in [2.24, 2.45) is 5.16 Å². The van der Waals surface area contributed by atoms with Crippen LogP contribution in [0.4, 0.5) is 0 Å². The fourth-order valence-electron chi connectivity index (χ4n) is 2.10. The third-order valence-electron chi connectivity index (χ3n) is 3.23. The van der Waals surface area contributed by atoms with Crippen molar-refractivity contribution in [3.05, 3.63) is 40.7 Å². The van der Waals surface area contributed by atoms with E-state index in [1.165, 1.54) is 18.4 Å². The van der Waals surface area contributed by atoms with Gasteiger partial charge in [0.05, 0.1) is 17.8 Å². The van der Waals surface area contributed by atoms with E-state index in [4.69, 9.17) is 16.3 Å². The molecular weight excluding hydrogens is 352 g/mol. The van der Waals surface area contributed by atoms with Gasteiger partial charge in [0.2, 0.25) is 11.4 Å². The number of oxime groups is 1. The van der Waals surface area contributed by atoms with Crippen LogP contribution >= 0.6 is 22.9 Å². The van der Waals surface area contributed by atoms with E-state index in [9.17, 15) is 4.79 Å². The van der Waals surface area contributed by atoms with E-state index in [2.05, 4.69) is 20.1 Å². The number of hydrogen-bond donors (Lipinski definition) is 0. The zero-order valence-electron chi connectivity index (χ0n) is 12.9. The van der Waals surface area contributed by atoms with Gasteiger partial charge in [-0.3, -0.25) is 4.79 Å². The normalized spacial score (nSPS) is 11.3. The SMILES string of the molecule is CON=COC(=O)Cc1c(C)nc2sc(-c3ccc(Cl)cc3)nn12. The van der Waals surface area contributed by atoms with Crippen LogP contribution in [0.25, 0.3) is 15.5 Å². The Balaban J connectivity index is 1.88. The van der Waals surface area contributed by atoms with Gasteiger partial charge < -0.3 is 9.57 Å². The fourth-order valence-corrected chi connectivity index (χ4v) is 3.20. The molecule has 0 unspecified atom stereocenters. The summed E-state index contributed by atoms with van der Waals surface area (Å²) in [5, 5.41) is 9.37. The Morgan fingerprint density at radius 1 is 1.42 bits per heavy atom. The molecule has 0 amide bonds. The predicted octanol–water partition coefficient (Wildman–Crippen LogP) is 3.10. The maximum atomic E-state index is 11.8. The molecule has 0 saturated carbocycles. The number of imidazole rings is 1. The number of aromatic nitrogens is 3. The summed E-state index contributed by atoms with van der Waals surface area (Å²) >= 11 is 7.35. The fraction of sp³-hybridized carbons (Fsp3) is 0.200. The standard InChI is InChI=1S/C15H13ClN4O3S/c1-9-12(7-13(21)23-8-17-22-2)20-15(18-9)24-14(19-20)10-3-5-11(16)6-4-10/h3-6,8H,7H2,1-2H3. The van der Waals surface area contributed by atoms with Crippen LogP contribution in [-0.4, -0.2) is 34.1 Å². The number of halogens is 1. The van der Waals surface area contributed by atoms with Crippen LogP contribution in [0.5, 0.6) is 0 Å². The summed E-state index contributed by atoms with van der Waals surface area (Å²) in [6.07, 6.45) is 0.989. The topological polar surface area (TPSA) is 78.1 Å². The van der Waals surface area contributed by atoms with Gasteiger partial charge in [-0.1, -0.05) is 40.2 Å². The number of fused-ring (bicyclic) bond motifs is 1. The van der Waals surface area contributed by atoms with Crippen molar-refractivity contribution in [2.75, 3.05) is 7.11 Å². The summed E-state index contributed by atoms with van der Waals surface area (Å²) in [6, 6.07) is 7.39. The third-order valence-corrected chi connectivity index (χ3v) is 4.44. The monoisotopic (exact) mass is 364 g/mol. The van der Waals surface area contributed by atoms with Crippen LogP contribution in [0.2, 0.25) is 5.02 Å². The second-order valence-electron chi connectivity index (χ2n) is 4.81. The Kier molecular flexibility index (Phi) is 4.77. The summed E-state index contributed by atoms with van der Waals surface area (Å²) in [5.41, 5.74) is 2.35. The molecule has 2 heterocycles. The molecule has 0 atom stereocenters. The average molecular weight is 365 g/mol. The van der Waals surface area contributed by atoms with Gasteiger partial charge in [0.25, 0.3) is 0 Å². The van der Waals surface area contributed by atoms with E-state index in [0.29, 0.717) is 15.7 Å². The van der Waals surface area contributed by atoms with E-state index in [0.717, 1.165) is 22.7 Å². The zero-order chi connectivity index (χ0) is 17.1. The molecule has 0 N–H and O–H groups in total. The molecule has 2 aromatic heterocycles. The molecule has 0 bridgehead atoms. The van der Waals surface area contributed by atoms with Crippen LogP contribution in [0.15, 0.2) is 29.4 Å². The van der Waals surface area contributed by atoms with E-state index in [1.807, 2.05) is 19.1 Å². The second-order valence-corrected chi connectivity index (χ2v) is 6.20. The average Bonchev–Trinajstić information content (AvgIpc) is 3.08. The van der Waals surface area contributed by atoms with Crippen molar-refractivity contribution in [1.29, 1.82) is 0 Å². The first-order valence-corrected chi connectivity index (χ1v) is 8.13. The molecule has 9 heteroatoms. The van der Waals surface area contributed by atoms with E-state index < -0.39 is 5.97 Å². The maximum absolute atomic E-state index is 11.8. The number of ether oxygens (including phenoxy) is 1. The van der Waals surface area contributed by atoms with Crippen LogP contribution < -0.4 is 0 Å². The van der Waals surface area contributed by atoms with Crippen molar-refractivity contribution < 1.29 is 14.4 Å². The lowest BCUT2D eigenvalue weighted by molar-refractivity contribution is -0.134. The number of esters is 1. The number of nitrogens with zero attached hydrogens (tertiary/aromatic N) is 4. The molecule has 0 spiro atoms. The van der Waals surface area contributed by atoms with Crippen LogP contribution in [0.3, 0.4) is 0 Å². The van der Waals surface area contributed by atoms with Crippen molar-refractivity contribution in [3.8, 4) is 10.6 Å². The molecule has 0 aliphatic heterocycles. The Hall–Kier alpha value is -2.45. The smallest absolute Gasteiger partial charge is 0.318 e. The first-order valence-electron chi connectivity index (χ1n) is 6.94. The quantitative estimate of drug-likeness (QED) is 0.301. The molecule has 124 valence electrons. The number of carbonyl (C=O) groups excluding carboxylic acids is 1. The Bertz CT molecular complexity index is 901.